The summed E-state index contributed by atoms with van der Waals surface area (Å²) in [5, 5.41) is 8.74. The van der Waals surface area contributed by atoms with Gasteiger partial charge >= 0.3 is 6.03 Å². The number of carbonyl (C=O) groups excluding carboxylic acids is 1. The number of para-hydroxylation sites is 1. The van der Waals surface area contributed by atoms with Crippen molar-refractivity contribution in [2.45, 2.75) is 38.8 Å². The van der Waals surface area contributed by atoms with Gasteiger partial charge in [0.2, 0.25) is 0 Å². The van der Waals surface area contributed by atoms with E-state index in [2.05, 4.69) is 15.6 Å². The van der Waals surface area contributed by atoms with Crippen LogP contribution in [-0.4, -0.2) is 17.6 Å². The first kappa shape index (κ1) is 16.7. The first-order valence-corrected chi connectivity index (χ1v) is 8.86. The fourth-order valence-corrected chi connectivity index (χ4v) is 3.70. The Hall–Kier alpha value is -2.15. The zero-order valence-corrected chi connectivity index (χ0v) is 14.5. The number of aromatic nitrogens is 1. The molecule has 1 aliphatic rings. The summed E-state index contributed by atoms with van der Waals surface area (Å²) < 4.78 is 19.2. The lowest BCUT2D eigenvalue weighted by atomic mass is 10.0. The molecule has 5 nitrogen and oxygen atoms in total. The van der Waals surface area contributed by atoms with Crippen LogP contribution in [0, 0.1) is 12.7 Å². The second kappa shape index (κ2) is 7.17. The Bertz CT molecular complexity index is 734. The number of urea groups is 1. The van der Waals surface area contributed by atoms with Gasteiger partial charge in [-0.1, -0.05) is 19.1 Å². The van der Waals surface area contributed by atoms with Gasteiger partial charge in [-0.15, -0.1) is 11.3 Å². The Balaban J connectivity index is 1.68. The molecule has 7 heteroatoms. The van der Waals surface area contributed by atoms with E-state index in [1.807, 2.05) is 19.2 Å². The van der Waals surface area contributed by atoms with E-state index < -0.39 is 5.82 Å². The van der Waals surface area contributed by atoms with E-state index in [1.54, 1.807) is 12.1 Å². The van der Waals surface area contributed by atoms with Crippen molar-refractivity contribution < 1.29 is 13.9 Å². The van der Waals surface area contributed by atoms with Gasteiger partial charge < -0.3 is 15.4 Å². The number of hydrogen-bond donors (Lipinski definition) is 2. The number of carbonyl (C=O) groups is 1. The predicted octanol–water partition coefficient (Wildman–Crippen LogP) is 3.86. The van der Waals surface area contributed by atoms with Crippen LogP contribution in [-0.2, 0) is 0 Å². The summed E-state index contributed by atoms with van der Waals surface area (Å²) in [5.74, 6) is -0.166. The zero-order valence-electron chi connectivity index (χ0n) is 13.6. The molecule has 0 aliphatic carbocycles. The van der Waals surface area contributed by atoms with Gasteiger partial charge in [-0.3, -0.25) is 0 Å². The predicted molar refractivity (Wildman–Crippen MR) is 90.8 cm³/mol. The van der Waals surface area contributed by atoms with Crippen molar-refractivity contribution in [1.29, 1.82) is 0 Å². The number of thiazole rings is 1. The fourth-order valence-electron chi connectivity index (χ4n) is 2.77. The summed E-state index contributed by atoms with van der Waals surface area (Å²) in [6.45, 7) is 4.31. The molecule has 2 aromatic rings. The number of hydrogen-bond acceptors (Lipinski definition) is 4. The van der Waals surface area contributed by atoms with Crippen LogP contribution in [0.2, 0.25) is 0 Å². The van der Waals surface area contributed by atoms with Crippen LogP contribution < -0.4 is 15.4 Å². The highest BCUT2D eigenvalue weighted by atomic mass is 32.1. The molecule has 2 heterocycles. The molecule has 0 fully saturated rings. The third-order valence-corrected chi connectivity index (χ3v) is 5.06. The number of nitrogens with one attached hydrogen (secondary N) is 2. The highest BCUT2D eigenvalue weighted by molar-refractivity contribution is 7.09. The van der Waals surface area contributed by atoms with Gasteiger partial charge in [0.05, 0.1) is 18.7 Å². The SMILES string of the molecule is CC[C@@H](NC(=O)N[C@H]1CCOc2c(F)cccc21)c1nc(C)cs1. The Morgan fingerprint density at radius 3 is 3.08 bits per heavy atom. The van der Waals surface area contributed by atoms with E-state index in [0.29, 0.717) is 18.6 Å². The van der Waals surface area contributed by atoms with Crippen molar-refractivity contribution in [2.75, 3.05) is 6.61 Å². The topological polar surface area (TPSA) is 63.2 Å². The molecule has 0 radical (unpaired) electrons. The van der Waals surface area contributed by atoms with E-state index in [4.69, 9.17) is 4.74 Å². The molecule has 2 amide bonds. The lowest BCUT2D eigenvalue weighted by Crippen LogP contribution is -2.41. The van der Waals surface area contributed by atoms with Crippen LogP contribution in [0.4, 0.5) is 9.18 Å². The molecule has 2 N–H and O–H groups in total. The third kappa shape index (κ3) is 3.51. The minimum Gasteiger partial charge on any atom is -0.490 e. The summed E-state index contributed by atoms with van der Waals surface area (Å²) in [6, 6.07) is 4.10. The number of aryl methyl sites for hydroxylation is 1. The number of rotatable bonds is 4. The maximum atomic E-state index is 13.8. The molecule has 1 aromatic heterocycles. The van der Waals surface area contributed by atoms with Crippen LogP contribution in [0.25, 0.3) is 0 Å². The van der Waals surface area contributed by atoms with Crippen molar-refractivity contribution >= 4 is 17.4 Å². The highest BCUT2D eigenvalue weighted by Crippen LogP contribution is 2.34. The van der Waals surface area contributed by atoms with Crippen LogP contribution in [0.15, 0.2) is 23.6 Å². The first-order valence-electron chi connectivity index (χ1n) is 7.98. The summed E-state index contributed by atoms with van der Waals surface area (Å²) in [6.07, 6.45) is 1.36. The fraction of sp³-hybridized carbons (Fsp3) is 0.412. The van der Waals surface area contributed by atoms with Crippen molar-refractivity contribution in [3.05, 3.63) is 45.7 Å². The van der Waals surface area contributed by atoms with E-state index in [-0.39, 0.29) is 23.9 Å². The van der Waals surface area contributed by atoms with E-state index >= 15 is 0 Å². The van der Waals surface area contributed by atoms with Gasteiger partial charge in [-0.05, 0) is 19.4 Å². The Labute approximate surface area is 144 Å². The molecular weight excluding hydrogens is 329 g/mol. The zero-order chi connectivity index (χ0) is 17.1. The van der Waals surface area contributed by atoms with Gasteiger partial charge in [0, 0.05) is 23.1 Å². The Morgan fingerprint density at radius 1 is 1.54 bits per heavy atom. The monoisotopic (exact) mass is 349 g/mol. The quantitative estimate of drug-likeness (QED) is 0.881. The van der Waals surface area contributed by atoms with Crippen molar-refractivity contribution in [1.82, 2.24) is 15.6 Å². The highest BCUT2D eigenvalue weighted by Gasteiger charge is 2.26. The van der Waals surface area contributed by atoms with Crippen LogP contribution in [0.1, 0.15) is 48.1 Å². The maximum absolute atomic E-state index is 13.8. The lowest BCUT2D eigenvalue weighted by molar-refractivity contribution is 0.216. The van der Waals surface area contributed by atoms with Crippen molar-refractivity contribution in [2.24, 2.45) is 0 Å². The largest absolute Gasteiger partial charge is 0.490 e. The van der Waals surface area contributed by atoms with Gasteiger partial charge in [-0.2, -0.15) is 0 Å². The van der Waals surface area contributed by atoms with Crippen molar-refractivity contribution in [3.8, 4) is 5.75 Å². The van der Waals surface area contributed by atoms with E-state index in [9.17, 15) is 9.18 Å². The average molecular weight is 349 g/mol. The van der Waals surface area contributed by atoms with Gasteiger partial charge in [0.15, 0.2) is 11.6 Å². The lowest BCUT2D eigenvalue weighted by Gasteiger charge is -2.27. The molecule has 24 heavy (non-hydrogen) atoms. The summed E-state index contributed by atoms with van der Waals surface area (Å²) >= 11 is 1.54. The molecule has 128 valence electrons. The van der Waals surface area contributed by atoms with Crippen LogP contribution >= 0.6 is 11.3 Å². The maximum Gasteiger partial charge on any atom is 0.315 e. The Morgan fingerprint density at radius 2 is 2.38 bits per heavy atom. The molecule has 0 unspecified atom stereocenters. The number of benzene rings is 1. The molecule has 0 bridgehead atoms. The molecule has 1 aliphatic heterocycles. The molecule has 0 spiro atoms. The second-order valence-corrected chi connectivity index (χ2v) is 6.64. The van der Waals surface area contributed by atoms with Crippen LogP contribution in [0.3, 0.4) is 0 Å². The second-order valence-electron chi connectivity index (χ2n) is 5.75. The molecule has 0 saturated carbocycles. The molecule has 2 atom stereocenters. The minimum absolute atomic E-state index is 0.129. The smallest absolute Gasteiger partial charge is 0.315 e. The number of nitrogens with zero attached hydrogens (tertiary/aromatic N) is 1. The van der Waals surface area contributed by atoms with Crippen LogP contribution in [0.5, 0.6) is 5.75 Å². The van der Waals surface area contributed by atoms with Crippen molar-refractivity contribution in [3.63, 3.8) is 0 Å². The van der Waals surface area contributed by atoms with Gasteiger partial charge in [0.25, 0.3) is 0 Å². The summed E-state index contributed by atoms with van der Waals surface area (Å²) in [5.41, 5.74) is 1.62. The van der Waals surface area contributed by atoms with E-state index in [0.717, 1.165) is 17.1 Å². The first-order chi connectivity index (χ1) is 11.6. The average Bonchev–Trinajstić information content (AvgIpc) is 3.00. The standard InChI is InChI=1S/C17H20FN3O2S/c1-3-13(16-19-10(2)9-24-16)20-17(22)21-14-7-8-23-15-11(14)5-4-6-12(15)18/h4-6,9,13-14H,3,7-8H2,1-2H3,(H2,20,21,22)/t13-,14+/m1/s1. The number of halogens is 1. The molecule has 0 saturated heterocycles. The number of amides is 2. The molecule has 3 rings (SSSR count). The summed E-state index contributed by atoms with van der Waals surface area (Å²) in [4.78, 5) is 16.8. The van der Waals surface area contributed by atoms with Gasteiger partial charge in [0.1, 0.15) is 5.01 Å². The normalized spacial score (nSPS) is 17.5. The number of ether oxygens (including phenoxy) is 1. The Kier molecular flexibility index (Phi) is 4.99. The van der Waals surface area contributed by atoms with Gasteiger partial charge in [-0.25, -0.2) is 14.2 Å². The molecular formula is C17H20FN3O2S. The minimum atomic E-state index is -0.399. The van der Waals surface area contributed by atoms with E-state index in [1.165, 1.54) is 17.4 Å². The number of fused-ring (bicyclic) bond motifs is 1. The molecule has 1 aromatic carbocycles. The summed E-state index contributed by atoms with van der Waals surface area (Å²) in [7, 11) is 0. The third-order valence-electron chi connectivity index (χ3n) is 3.98.